The molecule has 1 saturated heterocycles. The Morgan fingerprint density at radius 3 is 1.89 bits per heavy atom. The summed E-state index contributed by atoms with van der Waals surface area (Å²) in [5.74, 6) is 1.52. The van der Waals surface area contributed by atoms with E-state index in [1.54, 1.807) is 0 Å². The van der Waals surface area contributed by atoms with E-state index in [-0.39, 0.29) is 11.1 Å². The minimum absolute atomic E-state index is 0.0448. The van der Waals surface area contributed by atoms with Crippen molar-refractivity contribution in [1.82, 2.24) is 0 Å². The molecule has 8 rings (SSSR count). The molecule has 1 aliphatic heterocycles. The Labute approximate surface area is 223 Å². The van der Waals surface area contributed by atoms with Crippen molar-refractivity contribution in [3.8, 4) is 0 Å². The van der Waals surface area contributed by atoms with Gasteiger partial charge in [-0.3, -0.25) is 0 Å². The van der Waals surface area contributed by atoms with Gasteiger partial charge in [0, 0.05) is 24.7 Å². The van der Waals surface area contributed by atoms with Crippen molar-refractivity contribution in [2.24, 2.45) is 23.7 Å². The molecule has 4 nitrogen and oxygen atoms in total. The van der Waals surface area contributed by atoms with Crippen molar-refractivity contribution >= 4 is 18.7 Å². The molecule has 2 unspecified atom stereocenters. The van der Waals surface area contributed by atoms with E-state index in [1.165, 1.54) is 42.5 Å². The van der Waals surface area contributed by atoms with E-state index >= 15 is 0 Å². The van der Waals surface area contributed by atoms with Gasteiger partial charge >= 0.3 is 0 Å². The molecular formula is C32H42O4Si. The molecule has 0 amide bonds. The highest BCUT2D eigenvalue weighted by Crippen LogP contribution is 2.64. The van der Waals surface area contributed by atoms with Gasteiger partial charge in [0.05, 0.1) is 6.10 Å². The Hall–Kier alpha value is -1.50. The van der Waals surface area contributed by atoms with Gasteiger partial charge in [-0.1, -0.05) is 81.4 Å². The highest BCUT2D eigenvalue weighted by molar-refractivity contribution is 6.99. The van der Waals surface area contributed by atoms with Crippen LogP contribution in [0.1, 0.15) is 78.6 Å². The molecule has 1 heterocycles. The molecule has 5 heteroatoms. The third kappa shape index (κ3) is 3.83. The Balaban J connectivity index is 1.20. The first-order valence-corrected chi connectivity index (χ1v) is 16.6. The molecule has 5 aliphatic carbocycles. The molecule has 6 fully saturated rings. The predicted octanol–water partition coefficient (Wildman–Crippen LogP) is 6.33. The van der Waals surface area contributed by atoms with Crippen LogP contribution >= 0.6 is 0 Å². The number of hydrogen-bond acceptors (Lipinski definition) is 4. The summed E-state index contributed by atoms with van der Waals surface area (Å²) in [6.07, 6.45) is 10.2. The van der Waals surface area contributed by atoms with Crippen molar-refractivity contribution in [2.45, 2.75) is 101 Å². The minimum atomic E-state index is -2.63. The molecule has 2 aromatic rings. The fourth-order valence-corrected chi connectivity index (χ4v) is 13.7. The van der Waals surface area contributed by atoms with Crippen LogP contribution in [-0.4, -0.2) is 26.0 Å². The maximum Gasteiger partial charge on any atom is 0.261 e. The monoisotopic (exact) mass is 518 g/mol. The molecule has 0 aromatic heterocycles. The van der Waals surface area contributed by atoms with Gasteiger partial charge in [0.25, 0.3) is 8.32 Å². The minimum Gasteiger partial charge on any atom is -0.404 e. The quantitative estimate of drug-likeness (QED) is 0.350. The van der Waals surface area contributed by atoms with Crippen molar-refractivity contribution in [2.75, 3.05) is 0 Å². The summed E-state index contributed by atoms with van der Waals surface area (Å²) in [4.78, 5) is 12.7. The highest BCUT2D eigenvalue weighted by Gasteiger charge is 2.67. The largest absolute Gasteiger partial charge is 0.404 e. The van der Waals surface area contributed by atoms with Crippen molar-refractivity contribution in [1.29, 1.82) is 0 Å². The summed E-state index contributed by atoms with van der Waals surface area (Å²) in [5, 5.41) is 2.61. The van der Waals surface area contributed by atoms with E-state index in [2.05, 4.69) is 81.4 Å². The third-order valence-electron chi connectivity index (χ3n) is 10.3. The van der Waals surface area contributed by atoms with Gasteiger partial charge in [0.1, 0.15) is 0 Å². The zero-order chi connectivity index (χ0) is 25.3. The van der Waals surface area contributed by atoms with Crippen LogP contribution in [0.2, 0.25) is 5.04 Å². The van der Waals surface area contributed by atoms with Crippen LogP contribution in [0.15, 0.2) is 60.7 Å². The van der Waals surface area contributed by atoms with Gasteiger partial charge < -0.3 is 9.16 Å². The molecule has 6 aliphatic rings. The first kappa shape index (κ1) is 24.5. The highest BCUT2D eigenvalue weighted by atomic mass is 28.4. The number of rotatable bonds is 4. The van der Waals surface area contributed by atoms with Crippen LogP contribution in [0.5, 0.6) is 0 Å². The van der Waals surface area contributed by atoms with E-state index in [1.807, 2.05) is 0 Å². The Bertz CT molecular complexity index is 1050. The van der Waals surface area contributed by atoms with Crippen LogP contribution < -0.4 is 10.4 Å². The van der Waals surface area contributed by atoms with Crippen LogP contribution in [0.4, 0.5) is 0 Å². The molecule has 5 saturated carbocycles. The van der Waals surface area contributed by atoms with E-state index in [0.717, 1.165) is 37.5 Å². The van der Waals surface area contributed by atoms with Gasteiger partial charge in [-0.2, -0.15) is 9.78 Å². The number of hydrogen-bond donors (Lipinski definition) is 0. The van der Waals surface area contributed by atoms with Crippen LogP contribution in [-0.2, 0) is 18.9 Å². The van der Waals surface area contributed by atoms with Crippen LogP contribution in [0, 0.1) is 23.7 Å². The first-order valence-electron chi connectivity index (χ1n) is 14.7. The lowest BCUT2D eigenvalue weighted by Crippen LogP contribution is -2.68. The predicted molar refractivity (Wildman–Crippen MR) is 147 cm³/mol. The van der Waals surface area contributed by atoms with Crippen molar-refractivity contribution in [3.05, 3.63) is 60.7 Å². The average Bonchev–Trinajstić information content (AvgIpc) is 3.25. The van der Waals surface area contributed by atoms with E-state index < -0.39 is 19.9 Å². The average molecular weight is 519 g/mol. The molecule has 198 valence electrons. The standard InChI is InChI=1S/C32H42O4Si/c1-30(2,3)37(28-12-6-4-7-13-28,29-14-8-5-9-15-29)33-27-11-10-16-31(22-27)34-32(36-35-31)25-18-23-17-24(20-25)21-26(32)19-23/h4-9,12-15,23-27H,10-11,16-22H2,1-3H3. The first-order chi connectivity index (χ1) is 17.8. The fourth-order valence-electron chi connectivity index (χ4n) is 8.97. The van der Waals surface area contributed by atoms with Crippen LogP contribution in [0.3, 0.4) is 0 Å². The Morgan fingerprint density at radius 1 is 0.784 bits per heavy atom. The van der Waals surface area contributed by atoms with Gasteiger partial charge in [-0.05, 0) is 72.2 Å². The Morgan fingerprint density at radius 2 is 1.35 bits per heavy atom. The van der Waals surface area contributed by atoms with Gasteiger partial charge in [0.2, 0.25) is 11.6 Å². The molecule has 37 heavy (non-hydrogen) atoms. The molecule has 4 bridgehead atoms. The lowest BCUT2D eigenvalue weighted by atomic mass is 9.53. The van der Waals surface area contributed by atoms with Gasteiger partial charge in [-0.15, -0.1) is 0 Å². The second-order valence-corrected chi connectivity index (χ2v) is 18.0. The third-order valence-corrected chi connectivity index (χ3v) is 15.4. The number of ether oxygens (including phenoxy) is 1. The molecule has 0 radical (unpaired) electrons. The summed E-state index contributed by atoms with van der Waals surface area (Å²) in [5.41, 5.74) is 0. The molecule has 2 aromatic carbocycles. The second kappa shape index (κ2) is 8.75. The number of benzene rings is 2. The summed E-state index contributed by atoms with van der Waals surface area (Å²) in [6, 6.07) is 21.9. The topological polar surface area (TPSA) is 36.9 Å². The van der Waals surface area contributed by atoms with Gasteiger partial charge in [0.15, 0.2) is 0 Å². The molecular weight excluding hydrogens is 476 g/mol. The maximum absolute atomic E-state index is 7.52. The smallest absolute Gasteiger partial charge is 0.261 e. The Kier molecular flexibility index (Phi) is 5.80. The summed E-state index contributed by atoms with van der Waals surface area (Å²) < 4.78 is 14.6. The fraction of sp³-hybridized carbons (Fsp3) is 0.625. The lowest BCUT2D eigenvalue weighted by molar-refractivity contribution is -0.390. The SMILES string of the molecule is CC(C)(C)[Si](OC1CCCC2(C1)OOC1(O2)C2CC3CC(C2)CC1C3)(c1ccccc1)c1ccccc1. The van der Waals surface area contributed by atoms with Gasteiger partial charge in [-0.25, -0.2) is 0 Å². The summed E-state index contributed by atoms with van der Waals surface area (Å²) >= 11 is 0. The van der Waals surface area contributed by atoms with Crippen molar-refractivity contribution in [3.63, 3.8) is 0 Å². The summed E-state index contributed by atoms with van der Waals surface area (Å²) in [7, 11) is -2.63. The maximum atomic E-state index is 7.52. The second-order valence-electron chi connectivity index (χ2n) is 13.7. The molecule has 2 spiro atoms. The molecule has 2 atom stereocenters. The zero-order valence-electron chi connectivity index (χ0n) is 22.7. The molecule has 0 N–H and O–H groups in total. The normalized spacial score (nSPS) is 39.1. The van der Waals surface area contributed by atoms with Crippen LogP contribution in [0.25, 0.3) is 0 Å². The van der Waals surface area contributed by atoms with E-state index in [4.69, 9.17) is 18.9 Å². The van der Waals surface area contributed by atoms with Crippen molar-refractivity contribution < 1.29 is 18.9 Å². The van der Waals surface area contributed by atoms with E-state index in [9.17, 15) is 0 Å². The lowest BCUT2D eigenvalue weighted by Gasteiger charge is -2.57. The van der Waals surface area contributed by atoms with E-state index in [0.29, 0.717) is 11.8 Å². The summed E-state index contributed by atoms with van der Waals surface area (Å²) in [6.45, 7) is 7.06. The zero-order valence-corrected chi connectivity index (χ0v) is 23.7.